The maximum absolute atomic E-state index is 2.59. The van der Waals surface area contributed by atoms with Crippen molar-refractivity contribution in [1.82, 2.24) is 4.90 Å². The van der Waals surface area contributed by atoms with Gasteiger partial charge in [-0.25, -0.2) is 0 Å². The van der Waals surface area contributed by atoms with Crippen molar-refractivity contribution in [2.24, 2.45) is 5.92 Å². The van der Waals surface area contributed by atoms with Crippen LogP contribution in [0.1, 0.15) is 194 Å². The first-order valence-corrected chi connectivity index (χ1v) is 20.1. The number of unbranched alkanes of at least 4 members (excludes halogenated alkanes) is 19. The van der Waals surface area contributed by atoms with Crippen LogP contribution in [0.5, 0.6) is 0 Å². The third-order valence-corrected chi connectivity index (χ3v) is 8.94. The molecule has 0 fully saturated rings. The molecule has 1 atom stereocenters. The maximum Gasteiger partial charge on any atom is -0.00219 e. The van der Waals surface area contributed by atoms with Crippen LogP contribution in [0.4, 0.5) is 0 Å². The summed E-state index contributed by atoms with van der Waals surface area (Å²) in [5.41, 5.74) is 0. The van der Waals surface area contributed by atoms with Gasteiger partial charge in [-0.2, -0.15) is 0 Å². The van der Waals surface area contributed by atoms with Gasteiger partial charge in [0.25, 0.3) is 0 Å². The van der Waals surface area contributed by atoms with Crippen LogP contribution in [0.2, 0.25) is 0 Å². The molecule has 1 unspecified atom stereocenters. The van der Waals surface area contributed by atoms with Gasteiger partial charge in [-0.15, -0.1) is 0 Å². The van der Waals surface area contributed by atoms with E-state index in [-0.39, 0.29) is 0 Å². The molecule has 0 aromatic rings. The fourth-order valence-corrected chi connectivity index (χ4v) is 5.94. The fourth-order valence-electron chi connectivity index (χ4n) is 5.94. The predicted molar refractivity (Wildman–Crippen MR) is 208 cm³/mol. The molecular weight excluding hydrogens is 542 g/mol. The van der Waals surface area contributed by atoms with E-state index in [1.807, 2.05) is 0 Å². The summed E-state index contributed by atoms with van der Waals surface area (Å²) in [7, 11) is 4.37. The van der Waals surface area contributed by atoms with Crippen LogP contribution in [0.3, 0.4) is 0 Å². The van der Waals surface area contributed by atoms with E-state index in [0.29, 0.717) is 0 Å². The highest BCUT2D eigenvalue weighted by Crippen LogP contribution is 2.21. The third-order valence-electron chi connectivity index (χ3n) is 8.94. The normalized spacial score (nSPS) is 13.4. The first kappa shape index (κ1) is 43.7. The van der Waals surface area contributed by atoms with Crippen molar-refractivity contribution in [3.63, 3.8) is 0 Å². The van der Waals surface area contributed by atoms with Gasteiger partial charge in [0, 0.05) is 0 Å². The molecule has 0 rings (SSSR count). The van der Waals surface area contributed by atoms with Crippen molar-refractivity contribution in [2.75, 3.05) is 20.6 Å². The Bertz CT molecular complexity index is 646. The molecule has 0 amide bonds. The number of hydrogen-bond donors (Lipinski definition) is 0. The minimum atomic E-state index is 0.806. The Hall–Kier alpha value is -1.34. The molecule has 0 heterocycles. The standard InChI is InChI=1S/C44H81N/c1-5-7-9-11-13-15-17-19-21-23-25-27-29-31-33-36-40-44(42-38-35-39-43-45(3)4)41-37-34-32-30-28-26-24-22-20-18-16-14-12-10-8-6-2/h13-16,19-22,38,42,44H,5-12,17-18,23-37,39-41,43H2,1-4H3/b15-13-,16-14?,21-19-,22-20?,42-38?. The number of rotatable bonds is 35. The van der Waals surface area contributed by atoms with Crippen molar-refractivity contribution in [3.8, 4) is 0 Å². The van der Waals surface area contributed by atoms with Gasteiger partial charge < -0.3 is 4.90 Å². The Morgan fingerprint density at radius 3 is 1.13 bits per heavy atom. The first-order valence-electron chi connectivity index (χ1n) is 20.1. The van der Waals surface area contributed by atoms with Crippen molar-refractivity contribution < 1.29 is 0 Å². The lowest BCUT2D eigenvalue weighted by Crippen LogP contribution is -2.12. The molecule has 0 saturated carbocycles. The Morgan fingerprint density at radius 1 is 0.378 bits per heavy atom. The van der Waals surface area contributed by atoms with Gasteiger partial charge in [-0.05, 0) is 116 Å². The Balaban J connectivity index is 3.93. The van der Waals surface area contributed by atoms with E-state index in [0.717, 1.165) is 18.8 Å². The van der Waals surface area contributed by atoms with Crippen LogP contribution in [0.25, 0.3) is 0 Å². The monoisotopic (exact) mass is 624 g/mol. The van der Waals surface area contributed by atoms with E-state index in [4.69, 9.17) is 0 Å². The average Bonchev–Trinajstić information content (AvgIpc) is 3.03. The van der Waals surface area contributed by atoms with Crippen LogP contribution in [-0.4, -0.2) is 25.5 Å². The van der Waals surface area contributed by atoms with Crippen LogP contribution < -0.4 is 0 Å². The summed E-state index contributed by atoms with van der Waals surface area (Å²) in [5, 5.41) is 0. The Kier molecular flexibility index (Phi) is 37.7. The van der Waals surface area contributed by atoms with Crippen molar-refractivity contribution in [1.29, 1.82) is 0 Å². The maximum atomic E-state index is 2.59. The summed E-state index contributed by atoms with van der Waals surface area (Å²) >= 11 is 0. The highest BCUT2D eigenvalue weighted by Gasteiger charge is 2.05. The molecule has 1 heteroatoms. The molecule has 0 aliphatic carbocycles. The molecule has 0 N–H and O–H groups in total. The summed E-state index contributed by atoms with van der Waals surface area (Å²) in [6.45, 7) is 5.75. The average molecular weight is 624 g/mol. The summed E-state index contributed by atoms with van der Waals surface area (Å²) < 4.78 is 0. The predicted octanol–water partition coefficient (Wildman–Crippen LogP) is 14.9. The van der Waals surface area contributed by atoms with Gasteiger partial charge in [0.1, 0.15) is 0 Å². The molecule has 262 valence electrons. The zero-order valence-corrected chi connectivity index (χ0v) is 31.3. The summed E-state index contributed by atoms with van der Waals surface area (Å²) in [5.74, 6) is 0.806. The summed E-state index contributed by atoms with van der Waals surface area (Å²) in [6, 6.07) is 0. The van der Waals surface area contributed by atoms with E-state index in [1.54, 1.807) is 0 Å². The van der Waals surface area contributed by atoms with Gasteiger partial charge >= 0.3 is 0 Å². The zero-order valence-electron chi connectivity index (χ0n) is 31.3. The highest BCUT2D eigenvalue weighted by molar-refractivity contribution is 4.93. The van der Waals surface area contributed by atoms with Gasteiger partial charge in [0.15, 0.2) is 0 Å². The second kappa shape index (κ2) is 38.8. The molecule has 1 nitrogen and oxygen atoms in total. The quantitative estimate of drug-likeness (QED) is 0.0501. The molecule has 0 saturated heterocycles. The topological polar surface area (TPSA) is 3.24 Å². The van der Waals surface area contributed by atoms with Crippen LogP contribution >= 0.6 is 0 Å². The number of allylic oxidation sites excluding steroid dienone is 10. The Labute approximate surface area is 285 Å². The van der Waals surface area contributed by atoms with Gasteiger partial charge in [-0.1, -0.05) is 164 Å². The molecule has 45 heavy (non-hydrogen) atoms. The second-order valence-electron chi connectivity index (χ2n) is 13.9. The molecule has 0 aromatic carbocycles. The van der Waals surface area contributed by atoms with Crippen molar-refractivity contribution >= 4 is 0 Å². The first-order chi connectivity index (χ1) is 22.2. The molecule has 0 bridgehead atoms. The molecule has 0 aliphatic heterocycles. The molecular formula is C44H81N. The van der Waals surface area contributed by atoms with E-state index < -0.39 is 0 Å². The smallest absolute Gasteiger partial charge is 0.00219 e. The largest absolute Gasteiger partial charge is 0.309 e. The van der Waals surface area contributed by atoms with Gasteiger partial charge in [0.05, 0.1) is 0 Å². The summed E-state index contributed by atoms with van der Waals surface area (Å²) in [4.78, 5) is 2.31. The van der Waals surface area contributed by atoms with Crippen molar-refractivity contribution in [2.45, 2.75) is 194 Å². The van der Waals surface area contributed by atoms with Crippen molar-refractivity contribution in [3.05, 3.63) is 60.8 Å². The minimum Gasteiger partial charge on any atom is -0.309 e. The third kappa shape index (κ3) is 38.8. The van der Waals surface area contributed by atoms with Gasteiger partial charge in [0.2, 0.25) is 0 Å². The second-order valence-corrected chi connectivity index (χ2v) is 13.9. The molecule has 0 spiro atoms. The fraction of sp³-hybridized carbons (Fsp3) is 0.773. The summed E-state index contributed by atoms with van der Waals surface area (Å²) in [6.07, 6.45) is 61.6. The van der Waals surface area contributed by atoms with Crippen LogP contribution in [0.15, 0.2) is 60.8 Å². The number of hydrogen-bond acceptors (Lipinski definition) is 1. The lowest BCUT2D eigenvalue weighted by molar-refractivity contribution is 0.401. The number of nitrogens with zero attached hydrogens (tertiary/aromatic N) is 1. The highest BCUT2D eigenvalue weighted by atomic mass is 15.0. The SMILES string of the molecule is CCCCCC=CCC=CCCCCCCCCC(C=CCCCN(C)C)CCCCCCCC/C=C\C/C=C\CCCCC. The zero-order chi connectivity index (χ0) is 32.7. The van der Waals surface area contributed by atoms with Gasteiger partial charge in [-0.3, -0.25) is 0 Å². The van der Waals surface area contributed by atoms with E-state index in [1.165, 1.54) is 173 Å². The lowest BCUT2D eigenvalue weighted by atomic mass is 9.93. The van der Waals surface area contributed by atoms with E-state index >= 15 is 0 Å². The molecule has 0 aromatic heterocycles. The Morgan fingerprint density at radius 2 is 0.733 bits per heavy atom. The van der Waals surface area contributed by atoms with E-state index in [9.17, 15) is 0 Å². The molecule has 0 radical (unpaired) electrons. The molecule has 0 aliphatic rings. The minimum absolute atomic E-state index is 0.806. The lowest BCUT2D eigenvalue weighted by Gasteiger charge is -2.13. The van der Waals surface area contributed by atoms with Crippen LogP contribution in [0, 0.1) is 5.92 Å². The van der Waals surface area contributed by atoms with Crippen LogP contribution in [-0.2, 0) is 0 Å². The van der Waals surface area contributed by atoms with E-state index in [2.05, 4.69) is 93.6 Å².